The van der Waals surface area contributed by atoms with Crippen molar-refractivity contribution in [3.63, 3.8) is 0 Å². The third-order valence-corrected chi connectivity index (χ3v) is 9.50. The number of aliphatic carboxylic acids is 1. The van der Waals surface area contributed by atoms with Crippen LogP contribution in [0.3, 0.4) is 0 Å². The summed E-state index contributed by atoms with van der Waals surface area (Å²) in [5.41, 5.74) is -4.36. The molecule has 15 heteroatoms. The van der Waals surface area contributed by atoms with E-state index < -0.39 is 68.2 Å². The minimum atomic E-state index is -4.88. The van der Waals surface area contributed by atoms with Gasteiger partial charge in [0.25, 0.3) is 10.0 Å². The normalized spacial score (nSPS) is 18.8. The van der Waals surface area contributed by atoms with Crippen LogP contribution in [-0.4, -0.2) is 45.4 Å². The number of sulfonamides is 1. The zero-order chi connectivity index (χ0) is 32.1. The van der Waals surface area contributed by atoms with Crippen LogP contribution in [0.5, 0.6) is 5.75 Å². The van der Waals surface area contributed by atoms with E-state index in [1.165, 1.54) is 12.1 Å². The summed E-state index contributed by atoms with van der Waals surface area (Å²) in [6.45, 7) is -0.251. The lowest BCUT2D eigenvalue weighted by Gasteiger charge is -2.40. The summed E-state index contributed by atoms with van der Waals surface area (Å²) in [5, 5.41) is 10.0. The molecule has 0 spiro atoms. The van der Waals surface area contributed by atoms with Gasteiger partial charge in [-0.2, -0.15) is 26.3 Å². The highest BCUT2D eigenvalue weighted by Crippen LogP contribution is 2.45. The third-order valence-electron chi connectivity index (χ3n) is 7.72. The molecule has 1 saturated heterocycles. The number of carbonyl (C=O) groups is 1. The van der Waals surface area contributed by atoms with E-state index in [0.717, 1.165) is 28.6 Å². The maximum atomic E-state index is 14.2. The van der Waals surface area contributed by atoms with Gasteiger partial charge in [0.15, 0.2) is 0 Å². The van der Waals surface area contributed by atoms with Crippen molar-refractivity contribution >= 4 is 21.7 Å². The summed E-state index contributed by atoms with van der Waals surface area (Å²) < 4.78 is 135. The average Bonchev–Trinajstić information content (AvgIpc) is 2.96. The monoisotopic (exact) mass is 647 g/mol. The molecular weight excluding hydrogens is 623 g/mol. The first kappa shape index (κ1) is 31.6. The van der Waals surface area contributed by atoms with Crippen molar-refractivity contribution in [3.8, 4) is 16.9 Å². The molecule has 1 fully saturated rings. The standard InChI is InChI=1S/C29H24F7NO6S/c30-21-11-18(10-20(13-21)29(34,35)36)17-4-5-25-24(12-17)37(44(40,41)23-3-1-2-19(14-23)28(31,32)33)16-22(43-25)15-27(26(38)39)6-8-42-9-7-27/h1-5,10-14,22H,6-9,15-16H2,(H,38,39)/t22-/m0/s1. The second-order valence-corrected chi connectivity index (χ2v) is 12.5. The Morgan fingerprint density at radius 2 is 1.59 bits per heavy atom. The SMILES string of the molecule is O=C(O)C1(C[C@H]2CN(S(=O)(=O)c3cccc(C(F)(F)F)c3)c3cc(-c4cc(F)cc(C(F)(F)F)c4)ccc3O2)CCOCC1. The van der Waals surface area contributed by atoms with Crippen molar-refractivity contribution in [3.05, 3.63) is 77.6 Å². The number of fused-ring (bicyclic) bond motifs is 1. The van der Waals surface area contributed by atoms with E-state index in [9.17, 15) is 49.1 Å². The average molecular weight is 648 g/mol. The number of ether oxygens (including phenoxy) is 2. The second-order valence-electron chi connectivity index (χ2n) is 10.6. The number of hydrogen-bond donors (Lipinski definition) is 1. The zero-order valence-corrected chi connectivity index (χ0v) is 23.4. The predicted octanol–water partition coefficient (Wildman–Crippen LogP) is 6.76. The predicted molar refractivity (Wildman–Crippen MR) is 142 cm³/mol. The van der Waals surface area contributed by atoms with E-state index in [0.29, 0.717) is 24.3 Å². The Hall–Kier alpha value is -3.85. The number of alkyl halides is 6. The van der Waals surface area contributed by atoms with Crippen molar-refractivity contribution in [2.75, 3.05) is 24.1 Å². The molecule has 5 rings (SSSR count). The van der Waals surface area contributed by atoms with Gasteiger partial charge in [0.05, 0.1) is 33.7 Å². The van der Waals surface area contributed by atoms with Gasteiger partial charge in [-0.3, -0.25) is 9.10 Å². The Morgan fingerprint density at radius 1 is 0.909 bits per heavy atom. The quantitative estimate of drug-likeness (QED) is 0.298. The summed E-state index contributed by atoms with van der Waals surface area (Å²) in [4.78, 5) is 11.6. The van der Waals surface area contributed by atoms with Crippen LogP contribution in [0, 0.1) is 11.2 Å². The molecule has 44 heavy (non-hydrogen) atoms. The fourth-order valence-electron chi connectivity index (χ4n) is 5.41. The molecule has 0 bridgehead atoms. The lowest BCUT2D eigenvalue weighted by Crippen LogP contribution is -2.48. The molecule has 0 radical (unpaired) electrons. The number of halogens is 7. The number of carboxylic acids is 1. The van der Waals surface area contributed by atoms with E-state index in [1.807, 2.05) is 0 Å². The summed E-state index contributed by atoms with van der Waals surface area (Å²) in [6, 6.07) is 8.44. The first-order chi connectivity index (χ1) is 20.5. The number of rotatable bonds is 6. The van der Waals surface area contributed by atoms with E-state index in [2.05, 4.69) is 0 Å². The minimum Gasteiger partial charge on any atom is -0.486 e. The summed E-state index contributed by atoms with van der Waals surface area (Å²) in [6.07, 6.45) is -10.8. The molecule has 3 aromatic rings. The van der Waals surface area contributed by atoms with Gasteiger partial charge < -0.3 is 14.6 Å². The molecule has 2 aliphatic heterocycles. The van der Waals surface area contributed by atoms with Crippen LogP contribution in [0.2, 0.25) is 0 Å². The topological polar surface area (TPSA) is 93.1 Å². The Balaban J connectivity index is 1.62. The highest BCUT2D eigenvalue weighted by atomic mass is 32.2. The highest BCUT2D eigenvalue weighted by Gasteiger charge is 2.45. The van der Waals surface area contributed by atoms with E-state index in [1.54, 1.807) is 0 Å². The van der Waals surface area contributed by atoms with Gasteiger partial charge in [0.1, 0.15) is 17.7 Å². The van der Waals surface area contributed by atoms with Crippen LogP contribution in [-0.2, 0) is 31.9 Å². The Labute approximate surface area is 246 Å². The Kier molecular flexibility index (Phi) is 8.08. The Morgan fingerprint density at radius 3 is 2.23 bits per heavy atom. The highest BCUT2D eigenvalue weighted by molar-refractivity contribution is 7.92. The van der Waals surface area contributed by atoms with Crippen LogP contribution in [0.1, 0.15) is 30.4 Å². The van der Waals surface area contributed by atoms with Crippen molar-refractivity contribution in [1.29, 1.82) is 0 Å². The smallest absolute Gasteiger partial charge is 0.416 e. The number of hydrogen-bond acceptors (Lipinski definition) is 5. The summed E-state index contributed by atoms with van der Waals surface area (Å²) >= 11 is 0. The molecule has 7 nitrogen and oxygen atoms in total. The number of nitrogens with zero attached hydrogens (tertiary/aromatic N) is 1. The second kappa shape index (κ2) is 11.3. The molecule has 0 amide bonds. The van der Waals surface area contributed by atoms with Gasteiger partial charge in [-0.05, 0) is 72.5 Å². The van der Waals surface area contributed by atoms with Gasteiger partial charge in [-0.25, -0.2) is 12.8 Å². The van der Waals surface area contributed by atoms with Crippen LogP contribution in [0.4, 0.5) is 36.4 Å². The lowest BCUT2D eigenvalue weighted by molar-refractivity contribution is -0.157. The maximum Gasteiger partial charge on any atom is 0.416 e. The molecule has 0 aromatic heterocycles. The van der Waals surface area contributed by atoms with Crippen molar-refractivity contribution < 1.29 is 58.5 Å². The van der Waals surface area contributed by atoms with E-state index in [-0.39, 0.29) is 55.0 Å². The van der Waals surface area contributed by atoms with Crippen molar-refractivity contribution in [2.24, 2.45) is 5.41 Å². The van der Waals surface area contributed by atoms with Gasteiger partial charge in [-0.15, -0.1) is 0 Å². The van der Waals surface area contributed by atoms with Crippen molar-refractivity contribution in [2.45, 2.75) is 42.6 Å². The van der Waals surface area contributed by atoms with E-state index in [4.69, 9.17) is 9.47 Å². The lowest BCUT2D eigenvalue weighted by atomic mass is 9.75. The largest absolute Gasteiger partial charge is 0.486 e. The number of benzene rings is 3. The molecule has 3 aromatic carbocycles. The first-order valence-corrected chi connectivity index (χ1v) is 14.6. The Bertz CT molecular complexity index is 1680. The van der Waals surface area contributed by atoms with Crippen molar-refractivity contribution in [1.82, 2.24) is 0 Å². The fraction of sp³-hybridized carbons (Fsp3) is 0.345. The molecule has 2 aliphatic rings. The van der Waals surface area contributed by atoms with Gasteiger partial charge in [0.2, 0.25) is 0 Å². The van der Waals surface area contributed by atoms with Gasteiger partial charge in [-0.1, -0.05) is 12.1 Å². The first-order valence-electron chi connectivity index (χ1n) is 13.2. The van der Waals surface area contributed by atoms with Crippen LogP contribution < -0.4 is 9.04 Å². The molecule has 0 saturated carbocycles. The summed E-state index contributed by atoms with van der Waals surface area (Å²) in [7, 11) is -4.78. The van der Waals surface area contributed by atoms with Gasteiger partial charge >= 0.3 is 18.3 Å². The van der Waals surface area contributed by atoms with Gasteiger partial charge in [0, 0.05) is 19.6 Å². The molecule has 236 valence electrons. The van der Waals surface area contributed by atoms with E-state index >= 15 is 0 Å². The molecule has 1 N–H and O–H groups in total. The molecule has 0 unspecified atom stereocenters. The molecule has 1 atom stereocenters. The fourth-order valence-corrected chi connectivity index (χ4v) is 6.95. The molecular formula is C29H24F7NO6S. The maximum absolute atomic E-state index is 14.2. The zero-order valence-electron chi connectivity index (χ0n) is 22.6. The molecule has 0 aliphatic carbocycles. The minimum absolute atomic E-state index is 0.0357. The molecule has 2 heterocycles. The number of anilines is 1. The number of carboxylic acid groups (broad SMARTS) is 1. The van der Waals surface area contributed by atoms with Crippen LogP contribution in [0.15, 0.2) is 65.6 Å². The summed E-state index contributed by atoms with van der Waals surface area (Å²) in [5.74, 6) is -2.46. The van der Waals surface area contributed by atoms with Crippen LogP contribution in [0.25, 0.3) is 11.1 Å². The van der Waals surface area contributed by atoms with Crippen LogP contribution >= 0.6 is 0 Å². The third kappa shape index (κ3) is 6.20.